The minimum absolute atomic E-state index is 0.316. The van der Waals surface area contributed by atoms with Crippen LogP contribution < -0.4 is 0 Å². The number of halogens is 1. The maximum atomic E-state index is 8.86. The zero-order valence-electron chi connectivity index (χ0n) is 5.90. The van der Waals surface area contributed by atoms with E-state index >= 15 is 0 Å². The molecule has 0 aliphatic rings. The molecule has 0 aromatic rings. The van der Waals surface area contributed by atoms with E-state index in [1.807, 2.05) is 19.9 Å². The van der Waals surface area contributed by atoms with E-state index in [-0.39, 0.29) is 0 Å². The Hall–Kier alpha value is -0.240. The van der Waals surface area contributed by atoms with Crippen molar-refractivity contribution in [3.63, 3.8) is 0 Å². The Bertz CT molecular complexity index is 148. The molecule has 9 heavy (non-hydrogen) atoms. The Balaban J connectivity index is 4.25. The lowest BCUT2D eigenvalue weighted by molar-refractivity contribution is 0.413. The molecule has 0 bridgehead atoms. The fourth-order valence-electron chi connectivity index (χ4n) is 0.358. The van der Waals surface area contributed by atoms with Crippen molar-refractivity contribution in [1.82, 2.24) is 0 Å². The summed E-state index contributed by atoms with van der Waals surface area (Å²) in [5.74, 6) is 0.316. The first kappa shape index (κ1) is 8.76. The van der Waals surface area contributed by atoms with Crippen LogP contribution in [-0.4, -0.2) is 5.11 Å². The fourth-order valence-corrected chi connectivity index (χ4v) is 0.816. The number of hydrogen-bond donors (Lipinski definition) is 1. The van der Waals surface area contributed by atoms with Gasteiger partial charge in [-0.1, -0.05) is 5.57 Å². The highest BCUT2D eigenvalue weighted by Crippen LogP contribution is 2.12. The fraction of sp³-hybridized carbons (Fsp3) is 0.429. The summed E-state index contributed by atoms with van der Waals surface area (Å²) in [5.41, 5.74) is 1.16. The van der Waals surface area contributed by atoms with Crippen LogP contribution >= 0.6 is 15.9 Å². The molecule has 0 atom stereocenters. The molecule has 0 rings (SSSR count). The molecule has 1 N–H and O–H groups in total. The van der Waals surface area contributed by atoms with Gasteiger partial charge in [0, 0.05) is 0 Å². The number of allylic oxidation sites excluding steroid dienone is 4. The Morgan fingerprint density at radius 3 is 1.89 bits per heavy atom. The number of hydrogen-bond acceptors (Lipinski definition) is 1. The minimum Gasteiger partial charge on any atom is -0.511 e. The highest BCUT2D eigenvalue weighted by atomic mass is 79.9. The van der Waals surface area contributed by atoms with Gasteiger partial charge < -0.3 is 5.11 Å². The third-order valence-corrected chi connectivity index (χ3v) is 1.56. The molecule has 1 nitrogen and oxygen atoms in total. The van der Waals surface area contributed by atoms with Gasteiger partial charge in [0.1, 0.15) is 5.76 Å². The number of rotatable bonds is 1. The Morgan fingerprint density at radius 1 is 1.33 bits per heavy atom. The normalized spacial score (nSPS) is 12.4. The molecular formula is C7H11BrO. The molecule has 0 saturated heterocycles. The third kappa shape index (κ3) is 4.28. The molecule has 52 valence electrons. The van der Waals surface area contributed by atoms with Gasteiger partial charge >= 0.3 is 0 Å². The second-order valence-electron chi connectivity index (χ2n) is 2.16. The zero-order valence-corrected chi connectivity index (χ0v) is 7.49. The molecule has 0 amide bonds. The summed E-state index contributed by atoms with van der Waals surface area (Å²) >= 11 is 3.20. The SMILES string of the molecule is CC(C)=C/C(Br)=C(\C)O. The van der Waals surface area contributed by atoms with Crippen molar-refractivity contribution < 1.29 is 5.11 Å². The summed E-state index contributed by atoms with van der Waals surface area (Å²) in [4.78, 5) is 0. The molecule has 0 saturated carbocycles. The predicted molar refractivity (Wildman–Crippen MR) is 43.7 cm³/mol. The van der Waals surface area contributed by atoms with Gasteiger partial charge in [-0.05, 0) is 42.8 Å². The first-order chi connectivity index (χ1) is 4.04. The summed E-state index contributed by atoms with van der Waals surface area (Å²) in [6, 6.07) is 0. The zero-order chi connectivity index (χ0) is 7.44. The highest BCUT2D eigenvalue weighted by molar-refractivity contribution is 9.11. The first-order valence-electron chi connectivity index (χ1n) is 2.74. The molecule has 0 unspecified atom stereocenters. The highest BCUT2D eigenvalue weighted by Gasteiger charge is 1.89. The van der Waals surface area contributed by atoms with Crippen LogP contribution in [0.25, 0.3) is 0 Å². The summed E-state index contributed by atoms with van der Waals surface area (Å²) in [6.07, 6.45) is 1.87. The smallest absolute Gasteiger partial charge is 0.103 e. The first-order valence-corrected chi connectivity index (χ1v) is 3.53. The van der Waals surface area contributed by atoms with E-state index in [1.54, 1.807) is 6.92 Å². The van der Waals surface area contributed by atoms with Crippen molar-refractivity contribution in [1.29, 1.82) is 0 Å². The molecule has 0 fully saturated rings. The van der Waals surface area contributed by atoms with Crippen molar-refractivity contribution >= 4 is 15.9 Å². The Labute approximate surface area is 64.2 Å². The maximum absolute atomic E-state index is 8.86. The van der Waals surface area contributed by atoms with E-state index in [2.05, 4.69) is 15.9 Å². The van der Waals surface area contributed by atoms with Gasteiger partial charge in [-0.2, -0.15) is 0 Å². The van der Waals surface area contributed by atoms with Gasteiger partial charge in [0.25, 0.3) is 0 Å². The van der Waals surface area contributed by atoms with E-state index < -0.39 is 0 Å². The molecule has 0 radical (unpaired) electrons. The lowest BCUT2D eigenvalue weighted by Crippen LogP contribution is -1.74. The predicted octanol–water partition coefficient (Wildman–Crippen LogP) is 3.14. The average molecular weight is 191 g/mol. The molecule has 0 aliphatic heterocycles. The van der Waals surface area contributed by atoms with Crippen molar-refractivity contribution in [2.24, 2.45) is 0 Å². The van der Waals surface area contributed by atoms with Crippen LogP contribution in [0.1, 0.15) is 20.8 Å². The van der Waals surface area contributed by atoms with Gasteiger partial charge in [0.05, 0.1) is 4.48 Å². The topological polar surface area (TPSA) is 20.2 Å². The van der Waals surface area contributed by atoms with Crippen LogP contribution in [0.3, 0.4) is 0 Å². The lowest BCUT2D eigenvalue weighted by Gasteiger charge is -1.92. The van der Waals surface area contributed by atoms with Crippen molar-refractivity contribution in [2.75, 3.05) is 0 Å². The third-order valence-electron chi connectivity index (χ3n) is 0.761. The summed E-state index contributed by atoms with van der Waals surface area (Å²) in [6.45, 7) is 5.60. The Morgan fingerprint density at radius 2 is 1.78 bits per heavy atom. The van der Waals surface area contributed by atoms with Gasteiger partial charge in [-0.15, -0.1) is 0 Å². The monoisotopic (exact) mass is 190 g/mol. The Kier molecular flexibility index (Phi) is 3.62. The van der Waals surface area contributed by atoms with E-state index in [0.717, 1.165) is 10.1 Å². The average Bonchev–Trinajstić information content (AvgIpc) is 1.63. The molecule has 0 aromatic heterocycles. The van der Waals surface area contributed by atoms with E-state index in [9.17, 15) is 0 Å². The van der Waals surface area contributed by atoms with Gasteiger partial charge in [-0.25, -0.2) is 0 Å². The molecule has 0 aliphatic carbocycles. The largest absolute Gasteiger partial charge is 0.511 e. The molecule has 0 spiro atoms. The van der Waals surface area contributed by atoms with Crippen LogP contribution in [0.2, 0.25) is 0 Å². The van der Waals surface area contributed by atoms with Crippen LogP contribution in [0.5, 0.6) is 0 Å². The van der Waals surface area contributed by atoms with Crippen LogP contribution in [0.4, 0.5) is 0 Å². The van der Waals surface area contributed by atoms with Gasteiger partial charge in [0.15, 0.2) is 0 Å². The maximum Gasteiger partial charge on any atom is 0.103 e. The van der Waals surface area contributed by atoms with Crippen LogP contribution in [0, 0.1) is 0 Å². The number of aliphatic hydroxyl groups is 1. The quantitative estimate of drug-likeness (QED) is 0.498. The second-order valence-corrected chi connectivity index (χ2v) is 3.01. The standard InChI is InChI=1S/C7H11BrO/c1-5(2)4-7(8)6(3)9/h4,9H,1-3H3/b7-6-. The minimum atomic E-state index is 0.316. The van der Waals surface area contributed by atoms with Crippen molar-refractivity contribution in [2.45, 2.75) is 20.8 Å². The molecular weight excluding hydrogens is 180 g/mol. The van der Waals surface area contributed by atoms with E-state index in [0.29, 0.717) is 5.76 Å². The van der Waals surface area contributed by atoms with Gasteiger partial charge in [-0.3, -0.25) is 0 Å². The lowest BCUT2D eigenvalue weighted by atomic mass is 10.3. The summed E-state index contributed by atoms with van der Waals surface area (Å²) < 4.78 is 0.752. The summed E-state index contributed by atoms with van der Waals surface area (Å²) in [7, 11) is 0. The summed E-state index contributed by atoms with van der Waals surface area (Å²) in [5, 5.41) is 8.86. The second kappa shape index (κ2) is 3.72. The molecule has 2 heteroatoms. The van der Waals surface area contributed by atoms with Gasteiger partial charge in [0.2, 0.25) is 0 Å². The van der Waals surface area contributed by atoms with Crippen molar-refractivity contribution in [3.05, 3.63) is 21.9 Å². The van der Waals surface area contributed by atoms with Crippen LogP contribution in [0.15, 0.2) is 21.9 Å². The molecule has 0 aromatic carbocycles. The van der Waals surface area contributed by atoms with E-state index in [4.69, 9.17) is 5.11 Å². The molecule has 0 heterocycles. The van der Waals surface area contributed by atoms with E-state index in [1.165, 1.54) is 0 Å². The number of aliphatic hydroxyl groups excluding tert-OH is 1. The van der Waals surface area contributed by atoms with Crippen molar-refractivity contribution in [3.8, 4) is 0 Å². The van der Waals surface area contributed by atoms with Crippen LogP contribution in [-0.2, 0) is 0 Å².